The highest BCUT2D eigenvalue weighted by molar-refractivity contribution is 5.46. The maximum Gasteiger partial charge on any atom is 0.127 e. The summed E-state index contributed by atoms with van der Waals surface area (Å²) in [5.74, 6) is 2.53. The molecule has 0 radical (unpaired) electrons. The summed E-state index contributed by atoms with van der Waals surface area (Å²) in [7, 11) is 3.64. The van der Waals surface area contributed by atoms with Gasteiger partial charge in [-0.15, -0.1) is 0 Å². The number of benzene rings is 1. The van der Waals surface area contributed by atoms with Crippen LogP contribution in [0, 0.1) is 5.92 Å². The summed E-state index contributed by atoms with van der Waals surface area (Å²) in [5.41, 5.74) is 1.09. The first kappa shape index (κ1) is 15.8. The fraction of sp³-hybridized carbons (Fsp3) is 0.625. The van der Waals surface area contributed by atoms with Crippen LogP contribution in [0.25, 0.3) is 0 Å². The van der Waals surface area contributed by atoms with Crippen LogP contribution in [0.5, 0.6) is 11.5 Å². The van der Waals surface area contributed by atoms with Crippen molar-refractivity contribution in [2.45, 2.75) is 39.7 Å². The lowest BCUT2D eigenvalue weighted by Gasteiger charge is -2.19. The van der Waals surface area contributed by atoms with Gasteiger partial charge in [-0.05, 0) is 44.9 Å². The lowest BCUT2D eigenvalue weighted by molar-refractivity contribution is 0.289. The number of rotatable bonds is 8. The van der Waals surface area contributed by atoms with Crippen molar-refractivity contribution in [1.82, 2.24) is 5.32 Å². The van der Waals surface area contributed by atoms with Gasteiger partial charge in [0.25, 0.3) is 0 Å². The molecule has 0 aliphatic carbocycles. The van der Waals surface area contributed by atoms with Crippen LogP contribution >= 0.6 is 0 Å². The topological polar surface area (TPSA) is 30.5 Å². The SMILES string of the molecule is CNC(C)c1c(OC)cccc1OCCCC(C)C. The van der Waals surface area contributed by atoms with Crippen molar-refractivity contribution in [1.29, 1.82) is 0 Å². The van der Waals surface area contributed by atoms with Gasteiger partial charge in [0.2, 0.25) is 0 Å². The molecule has 0 heterocycles. The fourth-order valence-electron chi connectivity index (χ4n) is 2.07. The van der Waals surface area contributed by atoms with E-state index in [1.807, 2.05) is 25.2 Å². The molecule has 1 atom stereocenters. The quantitative estimate of drug-likeness (QED) is 0.725. The molecule has 3 heteroatoms. The first-order valence-corrected chi connectivity index (χ1v) is 7.07. The molecule has 0 fully saturated rings. The van der Waals surface area contributed by atoms with Crippen LogP contribution in [0.3, 0.4) is 0 Å². The van der Waals surface area contributed by atoms with E-state index in [1.54, 1.807) is 7.11 Å². The first-order chi connectivity index (χ1) is 9.10. The maximum atomic E-state index is 5.93. The van der Waals surface area contributed by atoms with Crippen molar-refractivity contribution < 1.29 is 9.47 Å². The Morgan fingerprint density at radius 1 is 1.16 bits per heavy atom. The molecule has 0 aromatic heterocycles. The van der Waals surface area contributed by atoms with E-state index >= 15 is 0 Å². The minimum absolute atomic E-state index is 0.205. The van der Waals surface area contributed by atoms with Gasteiger partial charge < -0.3 is 14.8 Å². The van der Waals surface area contributed by atoms with Gasteiger partial charge in [0, 0.05) is 6.04 Å². The number of hydrogen-bond acceptors (Lipinski definition) is 3. The second-order valence-electron chi connectivity index (χ2n) is 5.27. The lowest BCUT2D eigenvalue weighted by atomic mass is 10.1. The molecule has 108 valence electrons. The summed E-state index contributed by atoms with van der Waals surface area (Å²) >= 11 is 0. The van der Waals surface area contributed by atoms with Gasteiger partial charge >= 0.3 is 0 Å². The predicted molar refractivity (Wildman–Crippen MR) is 80.0 cm³/mol. The first-order valence-electron chi connectivity index (χ1n) is 7.07. The van der Waals surface area contributed by atoms with Gasteiger partial charge in [-0.1, -0.05) is 19.9 Å². The smallest absolute Gasteiger partial charge is 0.127 e. The van der Waals surface area contributed by atoms with Crippen molar-refractivity contribution in [3.8, 4) is 11.5 Å². The zero-order valence-corrected chi connectivity index (χ0v) is 12.8. The normalized spacial score (nSPS) is 12.5. The monoisotopic (exact) mass is 265 g/mol. The van der Waals surface area contributed by atoms with Gasteiger partial charge in [-0.25, -0.2) is 0 Å². The van der Waals surface area contributed by atoms with E-state index in [2.05, 4.69) is 26.1 Å². The van der Waals surface area contributed by atoms with Crippen molar-refractivity contribution in [3.05, 3.63) is 23.8 Å². The van der Waals surface area contributed by atoms with E-state index < -0.39 is 0 Å². The molecule has 0 saturated carbocycles. The fourth-order valence-corrected chi connectivity index (χ4v) is 2.07. The molecular weight excluding hydrogens is 238 g/mol. The summed E-state index contributed by atoms with van der Waals surface area (Å²) in [6.45, 7) is 7.34. The van der Waals surface area contributed by atoms with Crippen LogP contribution < -0.4 is 14.8 Å². The molecule has 0 aliphatic rings. The molecule has 0 bridgehead atoms. The minimum atomic E-state index is 0.205. The zero-order chi connectivity index (χ0) is 14.3. The molecule has 1 aromatic rings. The summed E-state index contributed by atoms with van der Waals surface area (Å²) in [6, 6.07) is 6.17. The zero-order valence-electron chi connectivity index (χ0n) is 12.8. The third-order valence-corrected chi connectivity index (χ3v) is 3.30. The van der Waals surface area contributed by atoms with E-state index in [0.29, 0.717) is 0 Å². The van der Waals surface area contributed by atoms with Gasteiger partial charge in [0.15, 0.2) is 0 Å². The molecule has 19 heavy (non-hydrogen) atoms. The minimum Gasteiger partial charge on any atom is -0.496 e. The van der Waals surface area contributed by atoms with Crippen LogP contribution in [0.4, 0.5) is 0 Å². The average Bonchev–Trinajstić information content (AvgIpc) is 2.42. The average molecular weight is 265 g/mol. The largest absolute Gasteiger partial charge is 0.496 e. The Morgan fingerprint density at radius 3 is 2.42 bits per heavy atom. The Hall–Kier alpha value is -1.22. The second-order valence-corrected chi connectivity index (χ2v) is 5.27. The summed E-state index contributed by atoms with van der Waals surface area (Å²) < 4.78 is 11.4. The Labute approximate surface area is 117 Å². The molecular formula is C16H27NO2. The molecule has 0 saturated heterocycles. The highest BCUT2D eigenvalue weighted by Gasteiger charge is 2.15. The standard InChI is InChI=1S/C16H27NO2/c1-12(2)8-7-11-19-15-10-6-9-14(18-5)16(15)13(3)17-4/h6,9-10,12-13,17H,7-8,11H2,1-5H3. The Bertz CT molecular complexity index is 377. The molecule has 3 nitrogen and oxygen atoms in total. The molecule has 0 amide bonds. The van der Waals surface area contributed by atoms with Crippen LogP contribution in [0.2, 0.25) is 0 Å². The molecule has 0 aliphatic heterocycles. The van der Waals surface area contributed by atoms with E-state index in [1.165, 1.54) is 6.42 Å². The summed E-state index contributed by atoms with van der Waals surface area (Å²) in [6.07, 6.45) is 2.28. The van der Waals surface area contributed by atoms with Crippen molar-refractivity contribution in [2.75, 3.05) is 20.8 Å². The Balaban J connectivity index is 2.76. The van der Waals surface area contributed by atoms with Crippen molar-refractivity contribution >= 4 is 0 Å². The maximum absolute atomic E-state index is 5.93. The van der Waals surface area contributed by atoms with E-state index in [9.17, 15) is 0 Å². The summed E-state index contributed by atoms with van der Waals surface area (Å²) in [4.78, 5) is 0. The van der Waals surface area contributed by atoms with Crippen LogP contribution in [0.1, 0.15) is 45.2 Å². The van der Waals surface area contributed by atoms with E-state index in [0.717, 1.165) is 36.0 Å². The second kappa shape index (κ2) is 8.05. The lowest BCUT2D eigenvalue weighted by Crippen LogP contribution is -2.15. The molecule has 1 N–H and O–H groups in total. The van der Waals surface area contributed by atoms with Crippen LogP contribution in [-0.2, 0) is 0 Å². The highest BCUT2D eigenvalue weighted by Crippen LogP contribution is 2.33. The third kappa shape index (κ3) is 4.75. The van der Waals surface area contributed by atoms with Crippen LogP contribution in [-0.4, -0.2) is 20.8 Å². The Morgan fingerprint density at radius 2 is 1.84 bits per heavy atom. The highest BCUT2D eigenvalue weighted by atomic mass is 16.5. The summed E-state index contributed by atoms with van der Waals surface area (Å²) in [5, 5.41) is 3.24. The van der Waals surface area contributed by atoms with Gasteiger partial charge in [0.1, 0.15) is 11.5 Å². The number of ether oxygens (including phenoxy) is 2. The molecule has 1 unspecified atom stereocenters. The van der Waals surface area contributed by atoms with Crippen molar-refractivity contribution in [2.24, 2.45) is 5.92 Å². The number of hydrogen-bond donors (Lipinski definition) is 1. The Kier molecular flexibility index (Phi) is 6.71. The van der Waals surface area contributed by atoms with Crippen molar-refractivity contribution in [3.63, 3.8) is 0 Å². The predicted octanol–water partition coefficient (Wildman–Crippen LogP) is 3.79. The number of nitrogens with one attached hydrogen (secondary N) is 1. The van der Waals surface area contributed by atoms with Gasteiger partial charge in [-0.2, -0.15) is 0 Å². The molecule has 1 rings (SSSR count). The van der Waals surface area contributed by atoms with E-state index in [4.69, 9.17) is 9.47 Å². The molecule has 0 spiro atoms. The third-order valence-electron chi connectivity index (χ3n) is 3.30. The van der Waals surface area contributed by atoms with Gasteiger partial charge in [0.05, 0.1) is 19.3 Å². The van der Waals surface area contributed by atoms with E-state index in [-0.39, 0.29) is 6.04 Å². The number of methoxy groups -OCH3 is 1. The van der Waals surface area contributed by atoms with Crippen LogP contribution in [0.15, 0.2) is 18.2 Å². The molecule has 1 aromatic carbocycles. The van der Waals surface area contributed by atoms with Gasteiger partial charge in [-0.3, -0.25) is 0 Å².